The van der Waals surface area contributed by atoms with Crippen LogP contribution >= 0.6 is 11.6 Å². The minimum Gasteiger partial charge on any atom is -0.481 e. The van der Waals surface area contributed by atoms with Gasteiger partial charge in [-0.05, 0) is 19.1 Å². The molecule has 0 saturated heterocycles. The smallest absolute Gasteiger partial charge is 0.308 e. The zero-order valence-electron chi connectivity index (χ0n) is 11.6. The van der Waals surface area contributed by atoms with Crippen molar-refractivity contribution < 1.29 is 19.6 Å². The van der Waals surface area contributed by atoms with Crippen LogP contribution in [-0.2, 0) is 4.79 Å². The Morgan fingerprint density at radius 2 is 2.10 bits per heavy atom. The topological polar surface area (TPSA) is 101 Å². The van der Waals surface area contributed by atoms with Crippen molar-refractivity contribution in [3.8, 4) is 0 Å². The fourth-order valence-corrected chi connectivity index (χ4v) is 1.92. The van der Waals surface area contributed by atoms with Crippen molar-refractivity contribution in [3.63, 3.8) is 0 Å². The fourth-order valence-electron chi connectivity index (χ4n) is 1.73. The number of carboxylic acids is 1. The maximum atomic E-state index is 12.3. The Morgan fingerprint density at radius 3 is 2.57 bits per heavy atom. The first-order valence-corrected chi connectivity index (χ1v) is 6.61. The SMILES string of the molecule is CCN(CC(C)C(=O)O)C(=O)c1ccc(Cl)c([N+](=O)[O-])c1. The van der Waals surface area contributed by atoms with Gasteiger partial charge < -0.3 is 10.0 Å². The number of hydrogen-bond donors (Lipinski definition) is 1. The van der Waals surface area contributed by atoms with E-state index in [0.717, 1.165) is 6.07 Å². The van der Waals surface area contributed by atoms with E-state index in [1.54, 1.807) is 6.92 Å². The molecule has 0 heterocycles. The molecule has 0 aliphatic rings. The minimum absolute atomic E-state index is 0.0289. The quantitative estimate of drug-likeness (QED) is 0.642. The molecule has 0 aliphatic heterocycles. The van der Waals surface area contributed by atoms with E-state index in [-0.39, 0.29) is 22.8 Å². The van der Waals surface area contributed by atoms with Gasteiger partial charge in [0.1, 0.15) is 5.02 Å². The van der Waals surface area contributed by atoms with Gasteiger partial charge in [-0.25, -0.2) is 0 Å². The summed E-state index contributed by atoms with van der Waals surface area (Å²) in [6.45, 7) is 3.52. The van der Waals surface area contributed by atoms with Crippen molar-refractivity contribution in [3.05, 3.63) is 38.9 Å². The summed E-state index contributed by atoms with van der Waals surface area (Å²) in [5.74, 6) is -2.20. The van der Waals surface area contributed by atoms with Crippen LogP contribution in [0.15, 0.2) is 18.2 Å². The van der Waals surface area contributed by atoms with Crippen LogP contribution in [0.4, 0.5) is 5.69 Å². The first-order valence-electron chi connectivity index (χ1n) is 6.24. The Hall–Kier alpha value is -2.15. The Kier molecular flexibility index (Phi) is 5.66. The third-order valence-corrected chi connectivity index (χ3v) is 3.29. The second-order valence-electron chi connectivity index (χ2n) is 4.51. The summed E-state index contributed by atoms with van der Waals surface area (Å²) in [6, 6.07) is 3.76. The largest absolute Gasteiger partial charge is 0.481 e. The third-order valence-electron chi connectivity index (χ3n) is 2.97. The highest BCUT2D eigenvalue weighted by Gasteiger charge is 2.23. The predicted octanol–water partition coefficient (Wildman–Crippen LogP) is 2.43. The molecule has 21 heavy (non-hydrogen) atoms. The maximum absolute atomic E-state index is 12.3. The highest BCUT2D eigenvalue weighted by molar-refractivity contribution is 6.32. The normalized spacial score (nSPS) is 11.8. The molecule has 0 saturated carbocycles. The average Bonchev–Trinajstić information content (AvgIpc) is 2.43. The van der Waals surface area contributed by atoms with E-state index in [2.05, 4.69) is 0 Å². The number of halogens is 1. The van der Waals surface area contributed by atoms with E-state index in [0.29, 0.717) is 6.54 Å². The number of amides is 1. The van der Waals surface area contributed by atoms with Gasteiger partial charge in [0, 0.05) is 24.7 Å². The molecule has 0 fully saturated rings. The molecule has 1 rings (SSSR count). The van der Waals surface area contributed by atoms with Gasteiger partial charge in [-0.1, -0.05) is 18.5 Å². The lowest BCUT2D eigenvalue weighted by Crippen LogP contribution is -2.36. The molecule has 0 radical (unpaired) electrons. The first kappa shape index (κ1) is 16.9. The molecule has 1 aromatic carbocycles. The molecule has 1 aromatic rings. The number of nitrogens with zero attached hydrogens (tertiary/aromatic N) is 2. The van der Waals surface area contributed by atoms with Gasteiger partial charge in [0.2, 0.25) is 0 Å². The number of aliphatic carboxylic acids is 1. The van der Waals surface area contributed by atoms with E-state index < -0.39 is 22.7 Å². The Bertz CT molecular complexity index is 576. The third kappa shape index (κ3) is 4.16. The summed E-state index contributed by atoms with van der Waals surface area (Å²) in [7, 11) is 0. The van der Waals surface area contributed by atoms with Crippen molar-refractivity contribution in [2.75, 3.05) is 13.1 Å². The average molecular weight is 315 g/mol. The number of carbonyl (C=O) groups is 2. The second-order valence-corrected chi connectivity index (χ2v) is 4.91. The molecule has 1 N–H and O–H groups in total. The Balaban J connectivity index is 3.03. The van der Waals surface area contributed by atoms with Crippen LogP contribution in [0.5, 0.6) is 0 Å². The first-order chi connectivity index (χ1) is 9.77. The summed E-state index contributed by atoms with van der Waals surface area (Å²) in [5, 5.41) is 19.7. The van der Waals surface area contributed by atoms with E-state index in [4.69, 9.17) is 16.7 Å². The van der Waals surface area contributed by atoms with Crippen LogP contribution in [0.2, 0.25) is 5.02 Å². The van der Waals surface area contributed by atoms with Crippen LogP contribution < -0.4 is 0 Å². The highest BCUT2D eigenvalue weighted by atomic mass is 35.5. The van der Waals surface area contributed by atoms with Crippen molar-refractivity contribution in [1.82, 2.24) is 4.90 Å². The van der Waals surface area contributed by atoms with Crippen molar-refractivity contribution in [2.45, 2.75) is 13.8 Å². The Morgan fingerprint density at radius 1 is 1.48 bits per heavy atom. The molecule has 1 unspecified atom stereocenters. The molecule has 1 atom stereocenters. The summed E-state index contributed by atoms with van der Waals surface area (Å²) in [4.78, 5) is 34.6. The number of carboxylic acid groups (broad SMARTS) is 1. The molecule has 0 bridgehead atoms. The summed E-state index contributed by atoms with van der Waals surface area (Å²) < 4.78 is 0. The van der Waals surface area contributed by atoms with Crippen molar-refractivity contribution in [1.29, 1.82) is 0 Å². The van der Waals surface area contributed by atoms with Gasteiger partial charge in [-0.2, -0.15) is 0 Å². The maximum Gasteiger partial charge on any atom is 0.308 e. The lowest BCUT2D eigenvalue weighted by atomic mass is 10.1. The standard InChI is InChI=1S/C13H15ClN2O5/c1-3-15(7-8(2)13(18)19)12(17)9-4-5-10(14)11(6-9)16(20)21/h4-6,8H,3,7H2,1-2H3,(H,18,19). The van der Waals surface area contributed by atoms with E-state index in [1.165, 1.54) is 24.0 Å². The summed E-state index contributed by atoms with van der Waals surface area (Å²) >= 11 is 5.69. The number of hydrogen-bond acceptors (Lipinski definition) is 4. The number of benzene rings is 1. The van der Waals surface area contributed by atoms with Crippen molar-refractivity contribution >= 4 is 29.2 Å². The summed E-state index contributed by atoms with van der Waals surface area (Å²) in [6.07, 6.45) is 0. The lowest BCUT2D eigenvalue weighted by Gasteiger charge is -2.22. The van der Waals surface area contributed by atoms with Crippen LogP contribution in [0.25, 0.3) is 0 Å². The van der Waals surface area contributed by atoms with Gasteiger partial charge >= 0.3 is 5.97 Å². The molecular weight excluding hydrogens is 300 g/mol. The molecule has 0 aliphatic carbocycles. The zero-order valence-corrected chi connectivity index (χ0v) is 12.3. The van der Waals surface area contributed by atoms with E-state index in [9.17, 15) is 19.7 Å². The summed E-state index contributed by atoms with van der Waals surface area (Å²) in [5.41, 5.74) is -0.254. The molecule has 114 valence electrons. The fraction of sp³-hybridized carbons (Fsp3) is 0.385. The minimum atomic E-state index is -1.01. The molecule has 1 amide bonds. The number of carbonyl (C=O) groups excluding carboxylic acids is 1. The van der Waals surface area contributed by atoms with Crippen LogP contribution in [0.1, 0.15) is 24.2 Å². The molecular formula is C13H15ClN2O5. The molecule has 8 heteroatoms. The van der Waals surface area contributed by atoms with Gasteiger partial charge in [0.05, 0.1) is 10.8 Å². The van der Waals surface area contributed by atoms with Gasteiger partial charge in [0.25, 0.3) is 11.6 Å². The molecule has 7 nitrogen and oxygen atoms in total. The van der Waals surface area contributed by atoms with Gasteiger partial charge in [-0.3, -0.25) is 19.7 Å². The van der Waals surface area contributed by atoms with E-state index in [1.807, 2.05) is 0 Å². The second kappa shape index (κ2) is 7.03. The van der Waals surface area contributed by atoms with Crippen LogP contribution in [-0.4, -0.2) is 39.9 Å². The zero-order chi connectivity index (χ0) is 16.2. The van der Waals surface area contributed by atoms with Gasteiger partial charge in [0.15, 0.2) is 0 Å². The molecule has 0 spiro atoms. The number of rotatable bonds is 6. The lowest BCUT2D eigenvalue weighted by molar-refractivity contribution is -0.384. The van der Waals surface area contributed by atoms with Crippen LogP contribution in [0.3, 0.4) is 0 Å². The number of nitro groups is 1. The van der Waals surface area contributed by atoms with Crippen LogP contribution in [0, 0.1) is 16.0 Å². The van der Waals surface area contributed by atoms with Crippen molar-refractivity contribution in [2.24, 2.45) is 5.92 Å². The number of nitro benzene ring substituents is 1. The highest BCUT2D eigenvalue weighted by Crippen LogP contribution is 2.25. The predicted molar refractivity (Wildman–Crippen MR) is 76.5 cm³/mol. The van der Waals surface area contributed by atoms with Gasteiger partial charge in [-0.15, -0.1) is 0 Å². The monoisotopic (exact) mass is 314 g/mol. The Labute approximate surface area is 126 Å². The molecule has 0 aromatic heterocycles. The van der Waals surface area contributed by atoms with E-state index >= 15 is 0 Å².